The summed E-state index contributed by atoms with van der Waals surface area (Å²) in [5.74, 6) is 0.457. The predicted octanol–water partition coefficient (Wildman–Crippen LogP) is 2.41. The van der Waals surface area contributed by atoms with Gasteiger partial charge in [-0.15, -0.1) is 0 Å². The lowest BCUT2D eigenvalue weighted by molar-refractivity contribution is 0.346. The molecule has 1 fully saturated rings. The molecule has 0 amide bonds. The average molecular weight is 435 g/mol. The van der Waals surface area contributed by atoms with E-state index in [0.717, 1.165) is 22.3 Å². The number of nitrogens with one attached hydrogen (secondary N) is 3. The third-order valence-corrected chi connectivity index (χ3v) is 6.61. The molecule has 0 saturated heterocycles. The van der Waals surface area contributed by atoms with Crippen molar-refractivity contribution in [2.75, 3.05) is 5.32 Å². The van der Waals surface area contributed by atoms with E-state index in [2.05, 4.69) is 30.0 Å². The Kier molecular flexibility index (Phi) is 4.65. The molecule has 11 heteroatoms. The zero-order chi connectivity index (χ0) is 21.4. The molecule has 0 aromatic carbocycles. The average Bonchev–Trinajstić information content (AvgIpc) is 3.44. The molecule has 156 valence electrons. The zero-order valence-electron chi connectivity index (χ0n) is 16.1. The number of pyridine rings is 2. The van der Waals surface area contributed by atoms with Crippen LogP contribution in [0.3, 0.4) is 0 Å². The number of nitrogens with zero attached hydrogens (tertiary/aromatic N) is 4. The quantitative estimate of drug-likeness (QED) is 0.418. The van der Waals surface area contributed by atoms with Gasteiger partial charge in [-0.3, -0.25) is 0 Å². The zero-order valence-corrected chi connectivity index (χ0v) is 16.9. The van der Waals surface area contributed by atoms with E-state index in [1.165, 1.54) is 24.6 Å². The van der Waals surface area contributed by atoms with Gasteiger partial charge in [-0.1, -0.05) is 0 Å². The van der Waals surface area contributed by atoms with Crippen LogP contribution in [0, 0.1) is 11.3 Å². The molecular formula is C20H17N7O3S. The maximum absolute atomic E-state index is 12.6. The van der Waals surface area contributed by atoms with Crippen molar-refractivity contribution >= 4 is 26.7 Å². The summed E-state index contributed by atoms with van der Waals surface area (Å²) in [6, 6.07) is 6.39. The van der Waals surface area contributed by atoms with Crippen molar-refractivity contribution in [1.82, 2.24) is 24.7 Å². The first-order valence-electron chi connectivity index (χ1n) is 9.54. The van der Waals surface area contributed by atoms with Gasteiger partial charge in [-0.05, 0) is 31.0 Å². The van der Waals surface area contributed by atoms with Gasteiger partial charge >= 0.3 is 0 Å². The summed E-state index contributed by atoms with van der Waals surface area (Å²) in [5, 5.41) is 13.2. The van der Waals surface area contributed by atoms with Gasteiger partial charge in [0, 0.05) is 36.1 Å². The van der Waals surface area contributed by atoms with Crippen LogP contribution in [-0.4, -0.2) is 40.4 Å². The minimum absolute atomic E-state index is 0.0558. The van der Waals surface area contributed by atoms with Crippen LogP contribution >= 0.6 is 0 Å². The molecule has 1 aliphatic rings. The van der Waals surface area contributed by atoms with E-state index >= 15 is 0 Å². The minimum Gasteiger partial charge on any atom is -0.444 e. The number of rotatable bonds is 6. The van der Waals surface area contributed by atoms with Crippen LogP contribution in [0.2, 0.25) is 0 Å². The molecule has 0 aliphatic heterocycles. The number of oxazole rings is 1. The highest BCUT2D eigenvalue weighted by molar-refractivity contribution is 7.89. The third kappa shape index (κ3) is 3.63. The van der Waals surface area contributed by atoms with Gasteiger partial charge in [-0.2, -0.15) is 5.26 Å². The number of nitriles is 1. The number of H-pyrrole nitrogens is 1. The molecule has 0 atom stereocenters. The van der Waals surface area contributed by atoms with E-state index in [1.54, 1.807) is 12.4 Å². The molecule has 4 aromatic heterocycles. The summed E-state index contributed by atoms with van der Waals surface area (Å²) in [7, 11) is -3.80. The van der Waals surface area contributed by atoms with E-state index in [4.69, 9.17) is 9.68 Å². The summed E-state index contributed by atoms with van der Waals surface area (Å²) < 4.78 is 33.3. The molecule has 0 radical (unpaired) electrons. The van der Waals surface area contributed by atoms with Crippen LogP contribution in [-0.2, 0) is 10.0 Å². The second-order valence-corrected chi connectivity index (χ2v) is 8.91. The fourth-order valence-electron chi connectivity index (χ4n) is 3.62. The topological polar surface area (TPSA) is 150 Å². The summed E-state index contributed by atoms with van der Waals surface area (Å²) in [4.78, 5) is 15.6. The van der Waals surface area contributed by atoms with E-state index in [9.17, 15) is 8.42 Å². The fraction of sp³-hybridized carbons (Fsp3) is 0.200. The van der Waals surface area contributed by atoms with E-state index in [-0.39, 0.29) is 22.7 Å². The Labute approximate surface area is 177 Å². The molecule has 0 spiro atoms. The highest BCUT2D eigenvalue weighted by Gasteiger charge is 2.34. The smallest absolute Gasteiger partial charge is 0.258 e. The van der Waals surface area contributed by atoms with E-state index < -0.39 is 10.0 Å². The second kappa shape index (κ2) is 7.50. The van der Waals surface area contributed by atoms with Gasteiger partial charge in [0.25, 0.3) is 10.0 Å². The number of fused-ring (bicyclic) bond motifs is 1. The van der Waals surface area contributed by atoms with Crippen LogP contribution < -0.4 is 10.0 Å². The first kappa shape index (κ1) is 19.2. The van der Waals surface area contributed by atoms with Gasteiger partial charge in [0.05, 0.1) is 29.1 Å². The molecule has 4 heterocycles. The van der Waals surface area contributed by atoms with Crippen molar-refractivity contribution in [3.8, 4) is 17.5 Å². The Balaban J connectivity index is 1.31. The van der Waals surface area contributed by atoms with Crippen molar-refractivity contribution in [1.29, 1.82) is 5.26 Å². The summed E-state index contributed by atoms with van der Waals surface area (Å²) >= 11 is 0. The molecule has 10 nitrogen and oxygen atoms in total. The van der Waals surface area contributed by atoms with Gasteiger partial charge in [0.1, 0.15) is 11.9 Å². The largest absolute Gasteiger partial charge is 0.444 e. The number of sulfonamides is 1. The third-order valence-electron chi connectivity index (χ3n) is 5.20. The number of hydrogen-bond acceptors (Lipinski definition) is 8. The fourth-order valence-corrected chi connectivity index (χ4v) is 4.86. The molecule has 31 heavy (non-hydrogen) atoms. The molecule has 3 N–H and O–H groups in total. The van der Waals surface area contributed by atoms with Crippen molar-refractivity contribution in [2.45, 2.75) is 30.0 Å². The van der Waals surface area contributed by atoms with Crippen LogP contribution in [0.1, 0.15) is 18.4 Å². The van der Waals surface area contributed by atoms with Gasteiger partial charge < -0.3 is 14.7 Å². The SMILES string of the molecule is N#Cc1ccnc(S(=O)(=O)N[C@H]2C[C@@H](Nc3c(-c4ncco4)cnc4[nH]ccc34)C2)c1. The maximum Gasteiger partial charge on any atom is 0.258 e. The Hall–Kier alpha value is -3.75. The molecule has 0 bridgehead atoms. The van der Waals surface area contributed by atoms with Crippen LogP contribution in [0.25, 0.3) is 22.5 Å². The Morgan fingerprint density at radius 2 is 2.03 bits per heavy atom. The number of aromatic amines is 1. The highest BCUT2D eigenvalue weighted by atomic mass is 32.2. The molecule has 0 unspecified atom stereocenters. The van der Waals surface area contributed by atoms with E-state index in [0.29, 0.717) is 18.7 Å². The van der Waals surface area contributed by atoms with Crippen molar-refractivity contribution < 1.29 is 12.8 Å². The van der Waals surface area contributed by atoms with Crippen molar-refractivity contribution in [3.05, 3.63) is 54.8 Å². The number of hydrogen-bond donors (Lipinski definition) is 3. The molecule has 1 saturated carbocycles. The number of anilines is 1. The molecule has 5 rings (SSSR count). The van der Waals surface area contributed by atoms with Crippen LogP contribution in [0.15, 0.2) is 58.7 Å². The molecular weight excluding hydrogens is 418 g/mol. The second-order valence-electron chi connectivity index (χ2n) is 7.25. The van der Waals surface area contributed by atoms with Gasteiger partial charge in [-0.25, -0.2) is 28.1 Å². The normalized spacial score (nSPS) is 18.4. The monoisotopic (exact) mass is 435 g/mol. The lowest BCUT2D eigenvalue weighted by atomic mass is 9.87. The van der Waals surface area contributed by atoms with Gasteiger partial charge in [0.15, 0.2) is 5.03 Å². The highest BCUT2D eigenvalue weighted by Crippen LogP contribution is 2.35. The summed E-state index contributed by atoms with van der Waals surface area (Å²) in [6.07, 6.45) is 9.08. The molecule has 1 aliphatic carbocycles. The van der Waals surface area contributed by atoms with Crippen molar-refractivity contribution in [2.24, 2.45) is 0 Å². The summed E-state index contributed by atoms with van der Waals surface area (Å²) in [5.41, 5.74) is 2.55. The number of aromatic nitrogens is 4. The lowest BCUT2D eigenvalue weighted by Crippen LogP contribution is -2.49. The van der Waals surface area contributed by atoms with Crippen LogP contribution in [0.5, 0.6) is 0 Å². The van der Waals surface area contributed by atoms with Crippen molar-refractivity contribution in [3.63, 3.8) is 0 Å². The molecule has 4 aromatic rings. The first-order chi connectivity index (χ1) is 15.0. The Morgan fingerprint density at radius 3 is 2.81 bits per heavy atom. The minimum atomic E-state index is -3.80. The maximum atomic E-state index is 12.6. The Bertz CT molecular complexity index is 1380. The first-order valence-corrected chi connectivity index (χ1v) is 11.0. The van der Waals surface area contributed by atoms with E-state index in [1.807, 2.05) is 18.3 Å². The lowest BCUT2D eigenvalue weighted by Gasteiger charge is -2.37. The predicted molar refractivity (Wildman–Crippen MR) is 111 cm³/mol. The standard InChI is InChI=1S/C20H17N7O3S/c21-10-12-1-3-22-17(7-12)31(28,29)27-14-8-13(9-14)26-18-15-2-4-23-19(15)25-11-16(18)20-24-5-6-30-20/h1-7,11,13-14,27H,8-9H2,(H2,23,25,26)/t13-,14+. The summed E-state index contributed by atoms with van der Waals surface area (Å²) in [6.45, 7) is 0. The Morgan fingerprint density at radius 1 is 1.16 bits per heavy atom. The van der Waals surface area contributed by atoms with Gasteiger partial charge in [0.2, 0.25) is 5.89 Å². The van der Waals surface area contributed by atoms with Crippen LogP contribution in [0.4, 0.5) is 5.69 Å².